The summed E-state index contributed by atoms with van der Waals surface area (Å²) in [5.74, 6) is 5.49. The molecule has 0 aliphatic rings. The summed E-state index contributed by atoms with van der Waals surface area (Å²) >= 11 is 0. The van der Waals surface area contributed by atoms with Gasteiger partial charge < -0.3 is 13.7 Å². The van der Waals surface area contributed by atoms with Crippen LogP contribution in [-0.4, -0.2) is 43.6 Å². The molecule has 0 aliphatic carbocycles. The minimum atomic E-state index is 0.541. The third kappa shape index (κ3) is 25.2. The van der Waals surface area contributed by atoms with Crippen LogP contribution in [0.5, 0.6) is 0 Å². The van der Waals surface area contributed by atoms with Crippen LogP contribution in [0.25, 0.3) is 33.3 Å². The van der Waals surface area contributed by atoms with Gasteiger partial charge in [-0.2, -0.15) is 0 Å². The van der Waals surface area contributed by atoms with Crippen LogP contribution in [0.1, 0.15) is 205 Å². The number of unbranched alkanes of at least 4 members (excludes halogenated alkanes) is 11. The van der Waals surface area contributed by atoms with Crippen molar-refractivity contribution in [3.05, 3.63) is 181 Å². The molecule has 0 saturated heterocycles. The van der Waals surface area contributed by atoms with E-state index in [2.05, 4.69) is 190 Å². The van der Waals surface area contributed by atoms with Gasteiger partial charge in [0.1, 0.15) is 29.9 Å². The number of aromatic nitrogens is 10. The number of aromatic amines is 1. The summed E-state index contributed by atoms with van der Waals surface area (Å²) in [6, 6.07) is 37.7. The Morgan fingerprint density at radius 1 is 0.561 bits per heavy atom. The molecule has 1 N–H and O–H groups in total. The van der Waals surface area contributed by atoms with Crippen molar-refractivity contribution < 1.29 is 4.57 Å². The standard InChI is InChI=1S/C17H24N2.C17H29N.C10H18N2.C10H9N.C9H10N2.C9H16N2/c1-3-5-9-15(4-2)14-19-13-12-18-17(19)16-10-7-6-8-11-16;1-2-3-4-5-6-7-8-9-10-11-14-17-15-12-13-16-18-17;1-4-6-7-12-8-9(3)11-10(12)5-2;1-8-6-7-9-4-2-3-5-10(9)11-8;1-7-10-8-5-3-4-6-9(8)11(7)2;1-4-5-9-10-6-7-11(9)8(2)3/h6-8,10-13,15H,3-5,9,14H2,1-2H3;12-13,15-16H,2-11,14H2,1H3;8H,4-7H2,1-3H3;2-7H,1H3;3-6H,1-2H3;6-8H,4-5H2,1-3H3/p+1. The number of hydrogen-bond donors (Lipinski definition) is 1. The first kappa shape index (κ1) is 67.8. The van der Waals surface area contributed by atoms with E-state index < -0.39 is 0 Å². The normalized spacial score (nSPS) is 11.1. The summed E-state index contributed by atoms with van der Waals surface area (Å²) < 4.78 is 8.96. The topological polar surface area (TPSA) is 98.9 Å². The van der Waals surface area contributed by atoms with Crippen molar-refractivity contribution in [2.24, 2.45) is 13.0 Å². The molecule has 9 aromatic rings. The van der Waals surface area contributed by atoms with Crippen molar-refractivity contribution in [1.82, 2.24) is 43.6 Å². The number of nitrogens with one attached hydrogen (secondary N) is 1. The van der Waals surface area contributed by atoms with Gasteiger partial charge in [-0.25, -0.2) is 24.5 Å². The Hall–Kier alpha value is -6.68. The van der Waals surface area contributed by atoms with Crippen LogP contribution in [0.15, 0.2) is 146 Å². The molecular weight excluding hydrogens is 1000 g/mol. The Balaban J connectivity index is 0.000000215. The predicted octanol–water partition coefficient (Wildman–Crippen LogP) is 19.1. The van der Waals surface area contributed by atoms with Crippen LogP contribution < -0.4 is 4.57 Å². The molecule has 0 spiro atoms. The van der Waals surface area contributed by atoms with Crippen LogP contribution in [0.4, 0.5) is 0 Å². The van der Waals surface area contributed by atoms with Crippen molar-refractivity contribution in [2.45, 2.75) is 224 Å². The first-order valence-corrected chi connectivity index (χ1v) is 31.7. The van der Waals surface area contributed by atoms with Gasteiger partial charge in [0.25, 0.3) is 5.82 Å². The first-order chi connectivity index (χ1) is 40.0. The second-order valence-electron chi connectivity index (χ2n) is 22.1. The average molecular weight is 1110 g/mol. The number of pyridine rings is 2. The molecule has 444 valence electrons. The van der Waals surface area contributed by atoms with Crippen molar-refractivity contribution in [3.63, 3.8) is 0 Å². The summed E-state index contributed by atoms with van der Waals surface area (Å²) in [7, 11) is 2.03. The number of H-pyrrole nitrogens is 1. The van der Waals surface area contributed by atoms with Gasteiger partial charge in [0.2, 0.25) is 0 Å². The molecule has 10 heteroatoms. The van der Waals surface area contributed by atoms with Gasteiger partial charge in [-0.15, -0.1) is 0 Å². The Morgan fingerprint density at radius 2 is 1.22 bits per heavy atom. The van der Waals surface area contributed by atoms with Crippen LogP contribution in [0, 0.1) is 26.7 Å². The molecule has 3 aromatic carbocycles. The van der Waals surface area contributed by atoms with E-state index in [-0.39, 0.29) is 0 Å². The van der Waals surface area contributed by atoms with Crippen molar-refractivity contribution >= 4 is 21.9 Å². The van der Waals surface area contributed by atoms with E-state index in [0.29, 0.717) is 6.04 Å². The van der Waals surface area contributed by atoms with E-state index >= 15 is 0 Å². The van der Waals surface area contributed by atoms with Gasteiger partial charge in [-0.05, 0) is 128 Å². The number of hydrogen-bond acceptors (Lipinski definition) is 5. The third-order valence-electron chi connectivity index (χ3n) is 14.9. The van der Waals surface area contributed by atoms with Crippen LogP contribution in [-0.2, 0) is 39.4 Å². The maximum Gasteiger partial charge on any atom is 0.286 e. The van der Waals surface area contributed by atoms with E-state index in [4.69, 9.17) is 0 Å². The minimum absolute atomic E-state index is 0.541. The highest BCUT2D eigenvalue weighted by atomic mass is 15.1. The highest BCUT2D eigenvalue weighted by Gasteiger charge is 2.17. The molecule has 0 radical (unpaired) electrons. The zero-order valence-electron chi connectivity index (χ0n) is 53.1. The summed E-state index contributed by atoms with van der Waals surface area (Å²) in [5, 5.41) is 1.21. The van der Waals surface area contributed by atoms with Crippen LogP contribution >= 0.6 is 0 Å². The van der Waals surface area contributed by atoms with Crippen LogP contribution in [0.3, 0.4) is 0 Å². The lowest BCUT2D eigenvalue weighted by atomic mass is 9.99. The summed E-state index contributed by atoms with van der Waals surface area (Å²) in [6.45, 7) is 26.1. The van der Waals surface area contributed by atoms with E-state index in [1.165, 1.54) is 149 Å². The Labute approximate surface area is 496 Å². The highest BCUT2D eigenvalue weighted by Crippen LogP contribution is 2.18. The smallest absolute Gasteiger partial charge is 0.286 e. The largest absolute Gasteiger partial charge is 0.335 e. The maximum absolute atomic E-state index is 4.44. The number of para-hydroxylation sites is 3. The second-order valence-corrected chi connectivity index (χ2v) is 22.1. The molecule has 0 aliphatic heterocycles. The fourth-order valence-electron chi connectivity index (χ4n) is 9.96. The minimum Gasteiger partial charge on any atom is -0.335 e. The predicted molar refractivity (Wildman–Crippen MR) is 349 cm³/mol. The molecular formula is C72H107N10+. The molecule has 82 heavy (non-hydrogen) atoms. The van der Waals surface area contributed by atoms with Crippen molar-refractivity contribution in [2.75, 3.05) is 0 Å². The van der Waals surface area contributed by atoms with Gasteiger partial charge in [0.05, 0.1) is 34.4 Å². The zero-order chi connectivity index (χ0) is 59.2. The number of aryl methyl sites for hydroxylation is 8. The van der Waals surface area contributed by atoms with E-state index in [1.54, 1.807) is 0 Å². The molecule has 1 atom stereocenters. The van der Waals surface area contributed by atoms with Crippen molar-refractivity contribution in [1.29, 1.82) is 0 Å². The Morgan fingerprint density at radius 3 is 1.87 bits per heavy atom. The van der Waals surface area contributed by atoms with Gasteiger partial charge in [0, 0.05) is 74.0 Å². The lowest BCUT2D eigenvalue weighted by molar-refractivity contribution is -0.691. The number of fused-ring (bicyclic) bond motifs is 2. The second kappa shape index (κ2) is 40.5. The summed E-state index contributed by atoms with van der Waals surface area (Å²) in [4.78, 5) is 25.2. The van der Waals surface area contributed by atoms with E-state index in [1.807, 2.05) is 88.0 Å². The van der Waals surface area contributed by atoms with Crippen LogP contribution in [0.2, 0.25) is 0 Å². The molecule has 0 amide bonds. The van der Waals surface area contributed by atoms with Gasteiger partial charge in [0.15, 0.2) is 0 Å². The molecule has 0 fully saturated rings. The Kier molecular flexibility index (Phi) is 33.5. The number of benzene rings is 3. The maximum atomic E-state index is 4.44. The molecule has 9 rings (SSSR count). The molecule has 1 unspecified atom stereocenters. The van der Waals surface area contributed by atoms with Gasteiger partial charge in [-0.3, -0.25) is 9.97 Å². The SMILES string of the molecule is CCCCC(CC)C[n+]1cc[nH]c1-c1ccccc1.CCCCCCCCCCCCc1ccccn1.CCCCn1cc(C)nc1CC.CCCc1nccn1C(C)C.Cc1ccc2ccccc2n1.Cc1nc2ccccc2n1C. The quantitative estimate of drug-likeness (QED) is 0.0454. The highest BCUT2D eigenvalue weighted by molar-refractivity contribution is 5.78. The number of nitrogens with zero attached hydrogens (tertiary/aromatic N) is 9. The molecule has 10 nitrogen and oxygen atoms in total. The first-order valence-electron chi connectivity index (χ1n) is 31.7. The van der Waals surface area contributed by atoms with Gasteiger partial charge >= 0.3 is 0 Å². The lowest BCUT2D eigenvalue weighted by Crippen LogP contribution is -2.37. The fraction of sp³-hybridized carbons (Fsp3) is 0.500. The summed E-state index contributed by atoms with van der Waals surface area (Å²) in [5.41, 5.74) is 8.08. The monoisotopic (exact) mass is 1110 g/mol. The van der Waals surface area contributed by atoms with Crippen molar-refractivity contribution in [3.8, 4) is 11.4 Å². The fourth-order valence-corrected chi connectivity index (χ4v) is 9.96. The van der Waals surface area contributed by atoms with Gasteiger partial charge in [-0.1, -0.05) is 179 Å². The molecule has 6 aromatic heterocycles. The average Bonchev–Trinajstić information content (AvgIpc) is 4.50. The molecule has 0 saturated carbocycles. The van der Waals surface area contributed by atoms with E-state index in [0.717, 1.165) is 66.5 Å². The zero-order valence-corrected chi connectivity index (χ0v) is 53.1. The third-order valence-corrected chi connectivity index (χ3v) is 14.9. The summed E-state index contributed by atoms with van der Waals surface area (Å²) in [6.07, 6.45) is 38.4. The lowest BCUT2D eigenvalue weighted by Gasteiger charge is -2.12. The number of rotatable bonds is 25. The molecule has 0 bridgehead atoms. The number of imidazole rings is 4. The molecule has 6 heterocycles. The van der Waals surface area contributed by atoms with E-state index in [9.17, 15) is 0 Å². The Bertz CT molecular complexity index is 3000.